The molecule has 8 heteroatoms. The maximum atomic E-state index is 14.5. The Morgan fingerprint density at radius 2 is 1.82 bits per heavy atom. The smallest absolute Gasteiger partial charge is 0.249 e. The molecule has 33 heavy (non-hydrogen) atoms. The molecule has 2 aliphatic rings. The molecule has 0 saturated carbocycles. The predicted octanol–water partition coefficient (Wildman–Crippen LogP) is 5.05. The van der Waals surface area contributed by atoms with E-state index in [0.29, 0.717) is 34.0 Å². The minimum atomic E-state index is -0.880. The molecule has 0 spiro atoms. The Labute approximate surface area is 199 Å². The Morgan fingerprint density at radius 1 is 1.06 bits per heavy atom. The molecule has 2 heterocycles. The first kappa shape index (κ1) is 21.6. The van der Waals surface area contributed by atoms with E-state index < -0.39 is 11.9 Å². The van der Waals surface area contributed by atoms with Crippen molar-refractivity contribution in [3.63, 3.8) is 0 Å². The minimum absolute atomic E-state index is 0.0151. The van der Waals surface area contributed by atoms with E-state index in [9.17, 15) is 14.0 Å². The largest absolute Gasteiger partial charge is 0.324 e. The molecule has 1 unspecified atom stereocenters. The summed E-state index contributed by atoms with van der Waals surface area (Å²) in [5, 5.41) is 3.67. The number of amides is 2. The number of nitrogens with one attached hydrogen (secondary N) is 1. The second-order valence-corrected chi connectivity index (χ2v) is 8.96. The molecule has 0 radical (unpaired) electrons. The van der Waals surface area contributed by atoms with Gasteiger partial charge in [0, 0.05) is 40.3 Å². The van der Waals surface area contributed by atoms with Crippen LogP contribution in [0.3, 0.4) is 0 Å². The van der Waals surface area contributed by atoms with Gasteiger partial charge in [-0.15, -0.1) is 0 Å². The average Bonchev–Trinajstić information content (AvgIpc) is 2.98. The van der Waals surface area contributed by atoms with Gasteiger partial charge in [-0.3, -0.25) is 14.6 Å². The fraction of sp³-hybridized carbons (Fsp3) is 0.160. The summed E-state index contributed by atoms with van der Waals surface area (Å²) in [6.45, 7) is 0. The molecule has 3 aromatic rings. The van der Waals surface area contributed by atoms with Gasteiger partial charge >= 0.3 is 0 Å². The van der Waals surface area contributed by atoms with Gasteiger partial charge in [0.05, 0.1) is 17.8 Å². The number of carbonyl (C=O) groups excluding carboxylic acids is 2. The van der Waals surface area contributed by atoms with Crippen LogP contribution in [-0.2, 0) is 22.4 Å². The average molecular weight is 482 g/mol. The Hall–Kier alpha value is -3.22. The van der Waals surface area contributed by atoms with Gasteiger partial charge in [0.15, 0.2) is 0 Å². The van der Waals surface area contributed by atoms with Gasteiger partial charge in [0.1, 0.15) is 11.9 Å². The lowest BCUT2D eigenvalue weighted by Crippen LogP contribution is -2.28. The van der Waals surface area contributed by atoms with Crippen LogP contribution >= 0.6 is 23.2 Å². The Bertz CT molecular complexity index is 1360. The number of anilines is 2. The van der Waals surface area contributed by atoms with Crippen molar-refractivity contribution < 1.29 is 14.0 Å². The molecule has 5 nitrogen and oxygen atoms in total. The highest BCUT2D eigenvalue weighted by Gasteiger charge is 2.29. The summed E-state index contributed by atoms with van der Waals surface area (Å²) in [7, 11) is 1.73. The maximum absolute atomic E-state index is 14.5. The lowest BCUT2D eigenvalue weighted by Gasteiger charge is -2.15. The molecule has 1 atom stereocenters. The molecule has 0 fully saturated rings. The van der Waals surface area contributed by atoms with E-state index in [0.717, 1.165) is 16.8 Å². The van der Waals surface area contributed by atoms with E-state index >= 15 is 0 Å². The van der Waals surface area contributed by atoms with Crippen molar-refractivity contribution in [2.45, 2.75) is 18.9 Å². The van der Waals surface area contributed by atoms with Gasteiger partial charge in [0.25, 0.3) is 0 Å². The van der Waals surface area contributed by atoms with Crippen LogP contribution in [0, 0.1) is 5.82 Å². The van der Waals surface area contributed by atoms with Gasteiger partial charge in [-0.25, -0.2) is 4.39 Å². The third kappa shape index (κ3) is 4.01. The third-order valence-corrected chi connectivity index (χ3v) is 6.42. The number of nitrogens with zero attached hydrogens (tertiary/aromatic N) is 2. The van der Waals surface area contributed by atoms with Crippen LogP contribution in [0.2, 0.25) is 10.0 Å². The number of halogens is 3. The van der Waals surface area contributed by atoms with Crippen LogP contribution in [0.5, 0.6) is 0 Å². The van der Waals surface area contributed by atoms with Gasteiger partial charge < -0.3 is 10.2 Å². The molecule has 0 saturated heterocycles. The van der Waals surface area contributed by atoms with Crippen molar-refractivity contribution >= 4 is 52.1 Å². The van der Waals surface area contributed by atoms with E-state index in [1.165, 1.54) is 6.07 Å². The molecule has 0 bridgehead atoms. The zero-order valence-corrected chi connectivity index (χ0v) is 19.0. The summed E-state index contributed by atoms with van der Waals surface area (Å²) >= 11 is 12.1. The third-order valence-electron chi connectivity index (χ3n) is 5.95. The normalized spacial score (nSPS) is 17.3. The predicted molar refractivity (Wildman–Crippen MR) is 128 cm³/mol. The van der Waals surface area contributed by atoms with E-state index in [1.807, 2.05) is 18.2 Å². The van der Waals surface area contributed by atoms with E-state index in [4.69, 9.17) is 28.2 Å². The fourth-order valence-corrected chi connectivity index (χ4v) is 4.50. The number of hydrogen-bond acceptors (Lipinski definition) is 3. The zero-order chi connectivity index (χ0) is 23.3. The Morgan fingerprint density at radius 3 is 2.61 bits per heavy atom. The number of benzodiazepines with no additional fused rings is 1. The number of aliphatic imine (C=N–C) groups is 1. The van der Waals surface area contributed by atoms with Gasteiger partial charge in [-0.2, -0.15) is 0 Å². The number of benzene rings is 3. The number of rotatable bonds is 3. The maximum Gasteiger partial charge on any atom is 0.249 e. The Kier molecular flexibility index (Phi) is 5.43. The van der Waals surface area contributed by atoms with E-state index in [1.54, 1.807) is 42.3 Å². The monoisotopic (exact) mass is 481 g/mol. The highest BCUT2D eigenvalue weighted by atomic mass is 35.5. The molecule has 1 N–H and O–H groups in total. The van der Waals surface area contributed by atoms with Crippen molar-refractivity contribution in [1.82, 2.24) is 0 Å². The van der Waals surface area contributed by atoms with Crippen LogP contribution in [0.15, 0.2) is 59.6 Å². The summed E-state index contributed by atoms with van der Waals surface area (Å²) in [4.78, 5) is 31.6. The zero-order valence-electron chi connectivity index (χ0n) is 17.5. The molecule has 3 aromatic carbocycles. The van der Waals surface area contributed by atoms with Crippen LogP contribution in [0.25, 0.3) is 0 Å². The summed E-state index contributed by atoms with van der Waals surface area (Å²) in [5.41, 5.74) is 4.56. The van der Waals surface area contributed by atoms with Crippen molar-refractivity contribution in [2.24, 2.45) is 4.99 Å². The highest BCUT2D eigenvalue weighted by molar-refractivity contribution is 6.32. The minimum Gasteiger partial charge on any atom is -0.324 e. The lowest BCUT2D eigenvalue weighted by atomic mass is 9.98. The summed E-state index contributed by atoms with van der Waals surface area (Å²) in [5.74, 6) is -0.827. The standard InChI is InChI=1S/C25H18Cl2FN3O2/c1-31-22-9-15(3-2-14(22)10-23(31)32)24-18-11-16(26)6-7-20(18)30-25(33)21(29-24)8-13-4-5-17(27)12-19(13)28/h2-7,9,11-12,21H,8,10H2,1H3,(H,30,33). The molecule has 166 valence electrons. The van der Waals surface area contributed by atoms with Crippen molar-refractivity contribution in [1.29, 1.82) is 0 Å². The molecule has 0 aliphatic carbocycles. The van der Waals surface area contributed by atoms with Crippen LogP contribution in [-0.4, -0.2) is 30.6 Å². The molecular weight excluding hydrogens is 464 g/mol. The first-order chi connectivity index (χ1) is 15.8. The second kappa shape index (κ2) is 8.28. The molecule has 2 amide bonds. The Balaban J connectivity index is 1.64. The van der Waals surface area contributed by atoms with Crippen molar-refractivity contribution in [3.8, 4) is 0 Å². The number of hydrogen-bond donors (Lipinski definition) is 1. The quantitative estimate of drug-likeness (QED) is 0.568. The SMILES string of the molecule is CN1C(=O)Cc2ccc(C3=NC(Cc4ccc(Cl)cc4F)C(=O)Nc4ccc(Cl)cc43)cc21. The molecule has 5 rings (SSSR count). The topological polar surface area (TPSA) is 61.8 Å². The number of fused-ring (bicyclic) bond motifs is 2. The van der Waals surface area contributed by atoms with Gasteiger partial charge in [0.2, 0.25) is 11.8 Å². The van der Waals surface area contributed by atoms with Crippen LogP contribution < -0.4 is 10.2 Å². The van der Waals surface area contributed by atoms with Gasteiger partial charge in [-0.05, 0) is 47.5 Å². The van der Waals surface area contributed by atoms with Gasteiger partial charge in [-0.1, -0.05) is 41.4 Å². The summed E-state index contributed by atoms with van der Waals surface area (Å²) in [6, 6.07) is 14.3. The second-order valence-electron chi connectivity index (χ2n) is 8.09. The summed E-state index contributed by atoms with van der Waals surface area (Å²) < 4.78 is 14.5. The molecule has 2 aliphatic heterocycles. The van der Waals surface area contributed by atoms with Crippen LogP contribution in [0.1, 0.15) is 22.3 Å². The number of likely N-dealkylation sites (N-methyl/N-ethyl adjacent to an activating group) is 1. The first-order valence-electron chi connectivity index (χ1n) is 10.3. The molecular formula is C25H18Cl2FN3O2. The molecule has 0 aromatic heterocycles. The summed E-state index contributed by atoms with van der Waals surface area (Å²) in [6.07, 6.45) is 0.406. The van der Waals surface area contributed by atoms with E-state index in [-0.39, 0.29) is 23.3 Å². The lowest BCUT2D eigenvalue weighted by molar-refractivity contribution is -0.118. The van der Waals surface area contributed by atoms with Crippen molar-refractivity contribution in [3.05, 3.63) is 92.7 Å². The fourth-order valence-electron chi connectivity index (χ4n) is 4.17. The van der Waals surface area contributed by atoms with Crippen molar-refractivity contribution in [2.75, 3.05) is 17.3 Å². The van der Waals surface area contributed by atoms with Crippen LogP contribution in [0.4, 0.5) is 15.8 Å². The van der Waals surface area contributed by atoms with E-state index in [2.05, 4.69) is 5.32 Å². The first-order valence-corrected chi connectivity index (χ1v) is 11.1. The number of carbonyl (C=O) groups is 2. The highest BCUT2D eigenvalue weighted by Crippen LogP contribution is 2.33.